The van der Waals surface area contributed by atoms with Gasteiger partial charge < -0.3 is 96.0 Å². The molecule has 116 heavy (non-hydrogen) atoms. The zero-order valence-electron chi connectivity index (χ0n) is 63.0. The molecule has 3 atom stereocenters. The molecule has 3 saturated heterocycles. The third kappa shape index (κ3) is 37.5. The van der Waals surface area contributed by atoms with Crippen molar-refractivity contribution in [3.8, 4) is 0 Å². The summed E-state index contributed by atoms with van der Waals surface area (Å²) in [6.07, 6.45) is 2.96. The van der Waals surface area contributed by atoms with Crippen molar-refractivity contribution in [3.63, 3.8) is 0 Å². The Bertz CT molecular complexity index is 3740. The number of carboxylic acids is 9. The van der Waals surface area contributed by atoms with Crippen LogP contribution in [0.4, 0.5) is 4.79 Å². The van der Waals surface area contributed by atoms with Crippen LogP contribution >= 0.6 is 0 Å². The third-order valence-electron chi connectivity index (χ3n) is 18.4. The molecule has 7 amide bonds. The van der Waals surface area contributed by atoms with E-state index >= 15 is 0 Å². The second-order valence-corrected chi connectivity index (χ2v) is 27.2. The van der Waals surface area contributed by atoms with Gasteiger partial charge in [-0.3, -0.25) is 121 Å². The number of aliphatic carboxylic acids is 9. The number of oxazole rings is 3. The van der Waals surface area contributed by atoms with Crippen LogP contribution in [0.1, 0.15) is 73.7 Å². The zero-order chi connectivity index (χ0) is 82.3. The van der Waals surface area contributed by atoms with E-state index < -0.39 is 228 Å². The molecule has 3 fully saturated rings. The van der Waals surface area contributed by atoms with Gasteiger partial charge in [0.25, 0.3) is 17.7 Å². The molecule has 51 heteroatoms. The van der Waals surface area contributed by atoms with Crippen molar-refractivity contribution in [1.29, 1.82) is 0 Å². The average molecular weight is 2080 g/mol. The maximum atomic E-state index is 14.5. The maximum Gasteiger partial charge on any atom is 0.317 e. The molecule has 6 bridgehead atoms. The Balaban J connectivity index is 0.00000944. The summed E-state index contributed by atoms with van der Waals surface area (Å²) >= 11 is 0. The number of nitrogens with zero attached hydrogens (tertiary/aromatic N) is 15. The summed E-state index contributed by atoms with van der Waals surface area (Å²) in [7, 11) is 0. The molecule has 7 heterocycles. The van der Waals surface area contributed by atoms with Crippen molar-refractivity contribution < 1.29 is 251 Å². The summed E-state index contributed by atoms with van der Waals surface area (Å²) in [6, 6.07) is -5.35. The Labute approximate surface area is 759 Å². The zero-order valence-corrected chi connectivity index (χ0v) is 69.8. The van der Waals surface area contributed by atoms with Crippen LogP contribution in [0.15, 0.2) is 32.0 Å². The van der Waals surface area contributed by atoms with Crippen molar-refractivity contribution in [2.75, 3.05) is 242 Å². The SMILES string of the molecule is O=C(O)CN1CCCN(CC(=O)NC[C@@H]2NC(=O)c3nc(co3)[C@H](CNC(=O)N3CCN(CC(=O)O)CCN(CC(=O)O)CCN(CC(=O)O)CC3)NC(=O)c3coc(n3)[C@H](CNC(=O)CN3CCN(CC(=O)O)CCN(CC(=O)O)CCN(CC(=O)O)CC3)NC(=O)c3coc2n3)CN(CC(=O)O)CCN(CC(=O)O)CC1.[Gd].[Gd].[Gd]. The first-order valence-electron chi connectivity index (χ1n) is 36.0. The van der Waals surface area contributed by atoms with Gasteiger partial charge in [0, 0.05) is 283 Å². The Morgan fingerprint density at radius 1 is 0.328 bits per heavy atom. The van der Waals surface area contributed by atoms with Gasteiger partial charge in [-0.25, -0.2) is 19.7 Å². The first kappa shape index (κ1) is 101. The van der Waals surface area contributed by atoms with Gasteiger partial charge in [-0.15, -0.1) is 0 Å². The minimum absolute atomic E-state index is 0. The van der Waals surface area contributed by atoms with Crippen molar-refractivity contribution in [2.24, 2.45) is 0 Å². The van der Waals surface area contributed by atoms with E-state index in [1.165, 1.54) is 29.4 Å². The summed E-state index contributed by atoms with van der Waals surface area (Å²) < 4.78 is 17.3. The monoisotopic (exact) mass is 2080 g/mol. The molecule has 0 unspecified atom stereocenters. The normalized spacial score (nSPS) is 20.0. The van der Waals surface area contributed by atoms with E-state index in [9.17, 15) is 118 Å². The van der Waals surface area contributed by atoms with Gasteiger partial charge in [0.1, 0.15) is 36.6 Å². The second kappa shape index (κ2) is 52.1. The van der Waals surface area contributed by atoms with Gasteiger partial charge in [-0.1, -0.05) is 0 Å². The fourth-order valence-electron chi connectivity index (χ4n) is 12.7. The standard InChI is InChI=1S/C65H97N21O27.3Gd/c87-48(27-76-5-8-77(30-51(91)92)10-12-79(32-53(95)96)13-11-78(9-6-76)31-52(93)94)66-25-43-62-73-46(39-111-62)59(107)69-42(24-68-65(110)86-22-20-82(35-56(101)102)16-14-80(33-54(97)98)15-17-83(21-23-86)36-57(103)104)45-38-113-64(72-45)61(109)71-44(63-74-47(40-112-63)60(108)70-43)26-67-49(88)28-84-3-1-2-75(29-50(89)90)4-7-81(34-55(99)100)18-19-85(41-84)37-58(105)106;;;/h38-40,42-44H,1-37,41H2,(H,66,87)(H,67,88)(H,68,110)(H,69,107)(H,70,108)(H,71,109)(H,89,90)(H,91,92)(H,93,94)(H,95,96)(H,97,98)(H,99,100)(H,101,102)(H,103,104)(H,105,106);;;/t42-,43-,44-;;;/m0.../s1. The molecule has 648 valence electrons. The number of nitrogens with one attached hydrogen (secondary N) is 6. The van der Waals surface area contributed by atoms with Crippen molar-refractivity contribution in [3.05, 3.63) is 53.5 Å². The quantitative estimate of drug-likeness (QED) is 0.0321. The summed E-state index contributed by atoms with van der Waals surface area (Å²) in [4.78, 5) is 225. The molecule has 4 aliphatic heterocycles. The number of hydrogen-bond donors (Lipinski definition) is 15. The molecular weight excluding hydrogens is 1980 g/mol. The van der Waals surface area contributed by atoms with Crippen LogP contribution in [0.25, 0.3) is 0 Å². The van der Waals surface area contributed by atoms with Crippen LogP contribution in [0.2, 0.25) is 0 Å². The first-order chi connectivity index (χ1) is 53.8. The largest absolute Gasteiger partial charge is 0.480 e. The molecule has 7 rings (SSSR count). The van der Waals surface area contributed by atoms with E-state index in [1.54, 1.807) is 29.4 Å². The number of aromatic nitrogens is 3. The van der Waals surface area contributed by atoms with Crippen LogP contribution in [0.3, 0.4) is 0 Å². The Hall–Kier alpha value is -6.99. The summed E-state index contributed by atoms with van der Waals surface area (Å²) in [5, 5.41) is 104. The average Bonchev–Trinajstić information content (AvgIpc) is 1.67. The van der Waals surface area contributed by atoms with Crippen LogP contribution in [-0.4, -0.2) is 451 Å². The van der Waals surface area contributed by atoms with Crippen LogP contribution in [0.5, 0.6) is 0 Å². The molecule has 0 spiro atoms. The maximum absolute atomic E-state index is 14.5. The third-order valence-corrected chi connectivity index (χ3v) is 18.4. The molecule has 0 aliphatic carbocycles. The van der Waals surface area contributed by atoms with Gasteiger partial charge in [-0.05, 0) is 6.42 Å². The molecule has 48 nitrogen and oxygen atoms in total. The number of urea groups is 1. The second-order valence-electron chi connectivity index (χ2n) is 27.2. The molecule has 0 saturated carbocycles. The molecule has 3 aromatic heterocycles. The number of amides is 7. The first-order valence-corrected chi connectivity index (χ1v) is 36.0. The van der Waals surface area contributed by atoms with Crippen molar-refractivity contribution >= 4 is 89.3 Å². The number of rotatable bonds is 28. The van der Waals surface area contributed by atoms with E-state index in [4.69, 9.17) is 13.3 Å². The molecular formula is C65H97Gd3N21O27. The summed E-state index contributed by atoms with van der Waals surface area (Å²) in [5.74, 6) is -16.9. The number of hydrogen-bond acceptors (Lipinski definition) is 32. The fourth-order valence-corrected chi connectivity index (χ4v) is 12.7. The number of carboxylic acid groups (broad SMARTS) is 9. The summed E-state index contributed by atoms with van der Waals surface area (Å²) in [5.41, 5.74) is -1.19. The smallest absolute Gasteiger partial charge is 0.317 e. The number of carbonyl (C=O) groups excluding carboxylic acids is 6. The summed E-state index contributed by atoms with van der Waals surface area (Å²) in [6.45, 7) is -6.07. The molecule has 15 N–H and O–H groups in total. The van der Waals surface area contributed by atoms with E-state index in [0.29, 0.717) is 0 Å². The van der Waals surface area contributed by atoms with Gasteiger partial charge in [0.05, 0.1) is 84.7 Å². The van der Waals surface area contributed by atoms with Gasteiger partial charge in [0.15, 0.2) is 11.4 Å². The molecule has 0 aromatic carbocycles. The predicted molar refractivity (Wildman–Crippen MR) is 380 cm³/mol. The van der Waals surface area contributed by atoms with E-state index in [1.807, 2.05) is 0 Å². The fraction of sp³-hybridized carbons (Fsp3) is 0.631. The van der Waals surface area contributed by atoms with Crippen molar-refractivity contribution in [1.82, 2.24) is 106 Å². The van der Waals surface area contributed by atoms with E-state index in [0.717, 1.165) is 18.8 Å². The topological polar surface area (TPSA) is 627 Å². The molecule has 0 radical (unpaired) electrons. The van der Waals surface area contributed by atoms with Crippen LogP contribution < -0.4 is 31.9 Å². The van der Waals surface area contributed by atoms with Gasteiger partial charge in [0.2, 0.25) is 23.6 Å². The van der Waals surface area contributed by atoms with Crippen molar-refractivity contribution in [2.45, 2.75) is 24.5 Å². The molecule has 4 aliphatic rings. The predicted octanol–water partition coefficient (Wildman–Crippen LogP) is -7.91. The minimum Gasteiger partial charge on any atom is -0.480 e. The minimum atomic E-state index is -1.53. The van der Waals surface area contributed by atoms with Crippen LogP contribution in [0, 0.1) is 120 Å². The molecule has 3 aromatic rings. The van der Waals surface area contributed by atoms with Crippen LogP contribution in [-0.2, 0) is 52.7 Å². The van der Waals surface area contributed by atoms with E-state index in [2.05, 4.69) is 46.9 Å². The Morgan fingerprint density at radius 3 is 0.948 bits per heavy atom. The van der Waals surface area contributed by atoms with E-state index in [-0.39, 0.29) is 283 Å². The van der Waals surface area contributed by atoms with Gasteiger partial charge in [-0.2, -0.15) is 0 Å². The number of carbonyl (C=O) groups is 15. The van der Waals surface area contributed by atoms with Gasteiger partial charge >= 0.3 is 65.7 Å². The Kier molecular flexibility index (Phi) is 45.6. The number of fused-ring (bicyclic) bond motifs is 6. The Morgan fingerprint density at radius 2 is 0.595 bits per heavy atom.